The van der Waals surface area contributed by atoms with E-state index in [-0.39, 0.29) is 23.9 Å². The molecule has 0 atom stereocenters. The summed E-state index contributed by atoms with van der Waals surface area (Å²) in [7, 11) is 0. The van der Waals surface area contributed by atoms with Crippen LogP contribution in [0.5, 0.6) is 0 Å². The van der Waals surface area contributed by atoms with Crippen molar-refractivity contribution in [1.82, 2.24) is 9.97 Å². The molecule has 1 aromatic heterocycles. The van der Waals surface area contributed by atoms with Crippen molar-refractivity contribution in [2.24, 2.45) is 0 Å². The lowest BCUT2D eigenvalue weighted by molar-refractivity contribution is 0.0699. The number of H-pyrrole nitrogens is 1. The minimum atomic E-state index is -0.942. The summed E-state index contributed by atoms with van der Waals surface area (Å²) in [5, 5.41) is 8.98. The Hall–Kier alpha value is -1.55. The molecule has 0 aliphatic heterocycles. The smallest absolute Gasteiger partial charge is 0.337 e. The van der Waals surface area contributed by atoms with Crippen molar-refractivity contribution in [3.05, 3.63) is 29.6 Å². The van der Waals surface area contributed by atoms with Gasteiger partial charge in [-0.3, -0.25) is 0 Å². The number of halogens is 1. The number of carboxylic acids is 1. The number of hydrogen-bond donors (Lipinski definition) is 2. The minimum absolute atomic E-state index is 0. The number of hydrogen-bond acceptors (Lipinski definition) is 2. The van der Waals surface area contributed by atoms with Crippen LogP contribution in [0.15, 0.2) is 18.2 Å². The maximum atomic E-state index is 10.9. The van der Waals surface area contributed by atoms with Gasteiger partial charge < -0.3 is 10.1 Å². The molecule has 0 aliphatic carbocycles. The van der Waals surface area contributed by atoms with Crippen molar-refractivity contribution in [3.8, 4) is 0 Å². The molecular formula is C11H13ClN2O2. The summed E-state index contributed by atoms with van der Waals surface area (Å²) in [6.45, 7) is 4.02. The topological polar surface area (TPSA) is 66.0 Å². The highest BCUT2D eigenvalue weighted by Crippen LogP contribution is 2.20. The second kappa shape index (κ2) is 4.53. The van der Waals surface area contributed by atoms with Crippen LogP contribution in [0, 0.1) is 0 Å². The van der Waals surface area contributed by atoms with Crippen LogP contribution in [-0.2, 0) is 0 Å². The predicted octanol–water partition coefficient (Wildman–Crippen LogP) is 2.81. The van der Waals surface area contributed by atoms with E-state index in [0.717, 1.165) is 11.3 Å². The van der Waals surface area contributed by atoms with Crippen LogP contribution in [0.4, 0.5) is 0 Å². The number of aromatic nitrogens is 2. The Balaban J connectivity index is 0.00000128. The van der Waals surface area contributed by atoms with E-state index >= 15 is 0 Å². The quantitative estimate of drug-likeness (QED) is 0.848. The average Bonchev–Trinajstić information content (AvgIpc) is 2.60. The molecule has 86 valence electrons. The van der Waals surface area contributed by atoms with Crippen molar-refractivity contribution in [3.63, 3.8) is 0 Å². The first-order valence-corrected chi connectivity index (χ1v) is 4.81. The van der Waals surface area contributed by atoms with Crippen LogP contribution in [0.2, 0.25) is 0 Å². The van der Waals surface area contributed by atoms with Gasteiger partial charge in [0.05, 0.1) is 11.1 Å². The lowest BCUT2D eigenvalue weighted by Gasteiger charge is -1.95. The van der Waals surface area contributed by atoms with Crippen LogP contribution in [0.1, 0.15) is 35.9 Å². The van der Waals surface area contributed by atoms with Crippen molar-refractivity contribution in [2.75, 3.05) is 0 Å². The molecule has 2 rings (SSSR count). The molecule has 0 spiro atoms. The van der Waals surface area contributed by atoms with Crippen LogP contribution < -0.4 is 0 Å². The second-order valence-corrected chi connectivity index (χ2v) is 3.78. The van der Waals surface area contributed by atoms with Crippen LogP contribution in [0.3, 0.4) is 0 Å². The Morgan fingerprint density at radius 2 is 2.12 bits per heavy atom. The molecule has 1 heterocycles. The molecule has 0 aliphatic rings. The Labute approximate surface area is 99.1 Å². The molecule has 0 fully saturated rings. The lowest BCUT2D eigenvalue weighted by atomic mass is 10.2. The van der Waals surface area contributed by atoms with E-state index in [0.29, 0.717) is 5.52 Å². The average molecular weight is 241 g/mol. The summed E-state index contributed by atoms with van der Waals surface area (Å²) in [4.78, 5) is 18.4. The molecule has 0 radical (unpaired) electrons. The number of rotatable bonds is 2. The summed E-state index contributed by atoms with van der Waals surface area (Å²) >= 11 is 0. The fourth-order valence-electron chi connectivity index (χ4n) is 1.50. The first kappa shape index (κ1) is 12.5. The lowest BCUT2D eigenvalue weighted by Crippen LogP contribution is -1.97. The molecule has 0 saturated heterocycles. The van der Waals surface area contributed by atoms with E-state index in [2.05, 4.69) is 9.97 Å². The number of aromatic carboxylic acids is 1. The third-order valence-corrected chi connectivity index (χ3v) is 2.31. The Morgan fingerprint density at radius 1 is 1.44 bits per heavy atom. The molecule has 1 aromatic carbocycles. The van der Waals surface area contributed by atoms with Gasteiger partial charge in [0.1, 0.15) is 11.3 Å². The van der Waals surface area contributed by atoms with Crippen LogP contribution >= 0.6 is 12.4 Å². The van der Waals surface area contributed by atoms with E-state index in [1.165, 1.54) is 0 Å². The number of nitrogens with one attached hydrogen (secondary N) is 1. The highest BCUT2D eigenvalue weighted by molar-refractivity contribution is 6.00. The fourth-order valence-corrected chi connectivity index (χ4v) is 1.50. The first-order valence-electron chi connectivity index (χ1n) is 4.81. The molecule has 5 heteroatoms. The van der Waals surface area contributed by atoms with Crippen LogP contribution in [-0.4, -0.2) is 21.0 Å². The van der Waals surface area contributed by atoms with Gasteiger partial charge >= 0.3 is 5.97 Å². The van der Waals surface area contributed by atoms with Gasteiger partial charge in [0.2, 0.25) is 0 Å². The largest absolute Gasteiger partial charge is 0.478 e. The Kier molecular flexibility index (Phi) is 3.55. The van der Waals surface area contributed by atoms with Crippen molar-refractivity contribution in [1.29, 1.82) is 0 Å². The van der Waals surface area contributed by atoms with E-state index in [9.17, 15) is 4.79 Å². The minimum Gasteiger partial charge on any atom is -0.478 e. The number of para-hydroxylation sites is 1. The number of nitrogens with zero attached hydrogens (tertiary/aromatic N) is 1. The number of imidazole rings is 1. The maximum absolute atomic E-state index is 10.9. The van der Waals surface area contributed by atoms with E-state index < -0.39 is 5.97 Å². The normalized spacial score (nSPS) is 10.4. The van der Waals surface area contributed by atoms with Crippen molar-refractivity contribution >= 4 is 29.4 Å². The third-order valence-electron chi connectivity index (χ3n) is 2.31. The van der Waals surface area contributed by atoms with Gasteiger partial charge in [-0.1, -0.05) is 19.9 Å². The van der Waals surface area contributed by atoms with Gasteiger partial charge in [0, 0.05) is 5.92 Å². The van der Waals surface area contributed by atoms with E-state index in [4.69, 9.17) is 5.11 Å². The molecule has 2 N–H and O–H groups in total. The molecule has 0 amide bonds. The molecule has 4 nitrogen and oxygen atoms in total. The zero-order chi connectivity index (χ0) is 11.0. The van der Waals surface area contributed by atoms with Crippen molar-refractivity contribution in [2.45, 2.75) is 19.8 Å². The Bertz CT molecular complexity index is 520. The van der Waals surface area contributed by atoms with E-state index in [1.807, 2.05) is 19.9 Å². The summed E-state index contributed by atoms with van der Waals surface area (Å²) in [6.07, 6.45) is 0. The molecule has 0 saturated carbocycles. The summed E-state index contributed by atoms with van der Waals surface area (Å²) < 4.78 is 0. The number of aromatic amines is 1. The molecule has 2 aromatic rings. The van der Waals surface area contributed by atoms with E-state index in [1.54, 1.807) is 12.1 Å². The fraction of sp³-hybridized carbons (Fsp3) is 0.273. The number of carboxylic acid groups (broad SMARTS) is 1. The SMILES string of the molecule is CC(C)c1nc2c(C(=O)O)cccc2[nH]1.Cl. The summed E-state index contributed by atoms with van der Waals surface area (Å²) in [5.41, 5.74) is 1.56. The molecule has 16 heavy (non-hydrogen) atoms. The highest BCUT2D eigenvalue weighted by Gasteiger charge is 2.13. The number of fused-ring (bicyclic) bond motifs is 1. The van der Waals surface area contributed by atoms with Crippen molar-refractivity contribution < 1.29 is 9.90 Å². The summed E-state index contributed by atoms with van der Waals surface area (Å²) in [6, 6.07) is 5.12. The first-order chi connectivity index (χ1) is 7.09. The van der Waals surface area contributed by atoms with Gasteiger partial charge in [0.25, 0.3) is 0 Å². The number of benzene rings is 1. The highest BCUT2D eigenvalue weighted by atomic mass is 35.5. The molecular weight excluding hydrogens is 228 g/mol. The molecule has 0 bridgehead atoms. The molecule has 0 unspecified atom stereocenters. The van der Waals surface area contributed by atoms with Gasteiger partial charge in [0.15, 0.2) is 0 Å². The third kappa shape index (κ3) is 2.02. The van der Waals surface area contributed by atoms with Gasteiger partial charge in [-0.25, -0.2) is 9.78 Å². The van der Waals surface area contributed by atoms with Gasteiger partial charge in [-0.2, -0.15) is 0 Å². The number of carbonyl (C=O) groups is 1. The van der Waals surface area contributed by atoms with Gasteiger partial charge in [-0.05, 0) is 12.1 Å². The Morgan fingerprint density at radius 3 is 2.69 bits per heavy atom. The maximum Gasteiger partial charge on any atom is 0.337 e. The zero-order valence-electron chi connectivity index (χ0n) is 9.02. The summed E-state index contributed by atoms with van der Waals surface area (Å²) in [5.74, 6) is 0.139. The predicted molar refractivity (Wildman–Crippen MR) is 64.4 cm³/mol. The standard InChI is InChI=1S/C11H12N2O2.ClH/c1-6(2)10-12-8-5-3-4-7(11(14)15)9(8)13-10;/h3-6H,1-2H3,(H,12,13)(H,14,15);1H. The second-order valence-electron chi connectivity index (χ2n) is 3.78. The van der Waals surface area contributed by atoms with Crippen LogP contribution in [0.25, 0.3) is 11.0 Å². The monoisotopic (exact) mass is 240 g/mol. The zero-order valence-corrected chi connectivity index (χ0v) is 9.84. The van der Waals surface area contributed by atoms with Gasteiger partial charge in [-0.15, -0.1) is 12.4 Å².